The Morgan fingerprint density at radius 2 is 2.15 bits per heavy atom. The zero-order chi connectivity index (χ0) is 14.4. The molecule has 0 radical (unpaired) electrons. The van der Waals surface area contributed by atoms with Crippen molar-refractivity contribution in [3.8, 4) is 5.75 Å². The van der Waals surface area contributed by atoms with E-state index in [0.717, 1.165) is 38.2 Å². The molecule has 1 saturated heterocycles. The topological polar surface area (TPSA) is 72.8 Å². The van der Waals surface area contributed by atoms with E-state index in [9.17, 15) is 9.90 Å². The first-order valence-electron chi connectivity index (χ1n) is 7.11. The second-order valence-electron chi connectivity index (χ2n) is 5.11. The van der Waals surface area contributed by atoms with Crippen molar-refractivity contribution in [3.63, 3.8) is 0 Å². The van der Waals surface area contributed by atoms with Gasteiger partial charge >= 0.3 is 0 Å². The highest BCUT2D eigenvalue weighted by Crippen LogP contribution is 2.19. The predicted octanol–water partition coefficient (Wildman–Crippen LogP) is 0.639. The Kier molecular flexibility index (Phi) is 5.38. The second-order valence-corrected chi connectivity index (χ2v) is 5.11. The number of hydrogen-bond donors (Lipinski definition) is 3. The summed E-state index contributed by atoms with van der Waals surface area (Å²) < 4.78 is 0. The predicted molar refractivity (Wildman–Crippen MR) is 76.4 cm³/mol. The number of nitrogens with zero attached hydrogens (tertiary/aromatic N) is 1. The number of aliphatic hydroxyl groups is 1. The molecule has 3 N–H and O–H groups in total. The summed E-state index contributed by atoms with van der Waals surface area (Å²) in [6.45, 7) is 3.24. The quantitative estimate of drug-likeness (QED) is 0.756. The van der Waals surface area contributed by atoms with Gasteiger partial charge in [0.2, 0.25) is 5.91 Å². The van der Waals surface area contributed by atoms with Gasteiger partial charge in [-0.05, 0) is 37.1 Å². The lowest BCUT2D eigenvalue weighted by Crippen LogP contribution is -2.34. The summed E-state index contributed by atoms with van der Waals surface area (Å²) in [4.78, 5) is 14.1. The lowest BCUT2D eigenvalue weighted by atomic mass is 10.1. The molecule has 0 atom stereocenters. The van der Waals surface area contributed by atoms with Crippen LogP contribution in [-0.4, -0.2) is 47.2 Å². The van der Waals surface area contributed by atoms with Gasteiger partial charge in [-0.2, -0.15) is 0 Å². The molecule has 1 fully saturated rings. The molecule has 0 unspecified atom stereocenters. The Morgan fingerprint density at radius 3 is 2.95 bits per heavy atom. The van der Waals surface area contributed by atoms with Gasteiger partial charge in [0.05, 0.1) is 6.61 Å². The minimum Gasteiger partial charge on any atom is -0.508 e. The smallest absolute Gasteiger partial charge is 0.222 e. The molecule has 0 spiro atoms. The first kappa shape index (κ1) is 14.8. The molecule has 1 amide bonds. The summed E-state index contributed by atoms with van der Waals surface area (Å²) in [5.41, 5.74) is 1.47. The average molecular weight is 278 g/mol. The summed E-state index contributed by atoms with van der Waals surface area (Å²) in [7, 11) is 0. The molecule has 1 heterocycles. The lowest BCUT2D eigenvalue weighted by molar-refractivity contribution is -0.130. The molecular formula is C15H22N2O3. The van der Waals surface area contributed by atoms with E-state index in [0.29, 0.717) is 18.4 Å². The summed E-state index contributed by atoms with van der Waals surface area (Å²) in [6.07, 6.45) is 2.10. The Labute approximate surface area is 119 Å². The molecule has 110 valence electrons. The summed E-state index contributed by atoms with van der Waals surface area (Å²) >= 11 is 0. The third-order valence-electron chi connectivity index (χ3n) is 3.63. The molecule has 1 aliphatic rings. The van der Waals surface area contributed by atoms with Gasteiger partial charge in [-0.15, -0.1) is 0 Å². The average Bonchev–Trinajstić information content (AvgIpc) is 2.75. The molecule has 5 heteroatoms. The van der Waals surface area contributed by atoms with Crippen molar-refractivity contribution in [1.29, 1.82) is 0 Å². The standard InChI is InChI=1S/C15H22N2O3/c18-11-13-10-12(2-4-14(13)19)3-5-15(20)17-8-1-6-16-7-9-17/h2,4,10,16,18-19H,1,3,5-9,11H2. The van der Waals surface area contributed by atoms with E-state index in [1.54, 1.807) is 18.2 Å². The zero-order valence-corrected chi connectivity index (χ0v) is 11.6. The van der Waals surface area contributed by atoms with Crippen molar-refractivity contribution >= 4 is 5.91 Å². The van der Waals surface area contributed by atoms with Gasteiger partial charge in [-0.3, -0.25) is 4.79 Å². The molecule has 0 aromatic heterocycles. The number of hydrogen-bond acceptors (Lipinski definition) is 4. The van der Waals surface area contributed by atoms with Crippen molar-refractivity contribution in [3.05, 3.63) is 29.3 Å². The third kappa shape index (κ3) is 3.95. The molecule has 2 rings (SSSR count). The SMILES string of the molecule is O=C(CCc1ccc(O)c(CO)c1)N1CCCNCC1. The monoisotopic (exact) mass is 278 g/mol. The van der Waals surface area contributed by atoms with E-state index in [2.05, 4.69) is 5.32 Å². The number of nitrogens with one attached hydrogen (secondary N) is 1. The van der Waals surface area contributed by atoms with Crippen molar-refractivity contribution < 1.29 is 15.0 Å². The van der Waals surface area contributed by atoms with Crippen molar-refractivity contribution in [2.75, 3.05) is 26.2 Å². The number of amides is 1. The Hall–Kier alpha value is -1.59. The maximum absolute atomic E-state index is 12.1. The van der Waals surface area contributed by atoms with Crippen LogP contribution in [0, 0.1) is 0 Å². The van der Waals surface area contributed by atoms with Crippen LogP contribution in [-0.2, 0) is 17.8 Å². The molecule has 1 aliphatic heterocycles. The largest absolute Gasteiger partial charge is 0.508 e. The van der Waals surface area contributed by atoms with Crippen LogP contribution in [0.2, 0.25) is 0 Å². The van der Waals surface area contributed by atoms with E-state index in [4.69, 9.17) is 5.11 Å². The van der Waals surface area contributed by atoms with Crippen LogP contribution in [0.5, 0.6) is 5.75 Å². The van der Waals surface area contributed by atoms with Gasteiger partial charge in [0, 0.05) is 31.6 Å². The number of carbonyl (C=O) groups is 1. The number of rotatable bonds is 4. The van der Waals surface area contributed by atoms with Gasteiger partial charge in [0.25, 0.3) is 0 Å². The Balaban J connectivity index is 1.89. The summed E-state index contributed by atoms with van der Waals surface area (Å²) in [5.74, 6) is 0.272. The number of aromatic hydroxyl groups is 1. The fourth-order valence-corrected chi connectivity index (χ4v) is 2.43. The fourth-order valence-electron chi connectivity index (χ4n) is 2.43. The van der Waals surface area contributed by atoms with Crippen LogP contribution < -0.4 is 5.32 Å². The van der Waals surface area contributed by atoms with Crippen molar-refractivity contribution in [1.82, 2.24) is 10.2 Å². The maximum atomic E-state index is 12.1. The van der Waals surface area contributed by atoms with Crippen LogP contribution in [0.25, 0.3) is 0 Å². The van der Waals surface area contributed by atoms with E-state index in [1.165, 1.54) is 0 Å². The second kappa shape index (κ2) is 7.26. The minimum atomic E-state index is -0.189. The van der Waals surface area contributed by atoms with Crippen LogP contribution in [0.15, 0.2) is 18.2 Å². The number of benzene rings is 1. The summed E-state index contributed by atoms with van der Waals surface area (Å²) in [6, 6.07) is 5.12. The van der Waals surface area contributed by atoms with Crippen LogP contribution in [0.1, 0.15) is 24.0 Å². The number of carbonyl (C=O) groups excluding carboxylic acids is 1. The normalized spacial score (nSPS) is 15.9. The molecule has 20 heavy (non-hydrogen) atoms. The Morgan fingerprint density at radius 1 is 1.30 bits per heavy atom. The fraction of sp³-hybridized carbons (Fsp3) is 0.533. The molecule has 1 aromatic rings. The molecule has 0 bridgehead atoms. The van der Waals surface area contributed by atoms with Crippen LogP contribution in [0.4, 0.5) is 0 Å². The van der Waals surface area contributed by atoms with Gasteiger partial charge in [-0.25, -0.2) is 0 Å². The van der Waals surface area contributed by atoms with Gasteiger partial charge in [0.1, 0.15) is 5.75 Å². The van der Waals surface area contributed by atoms with E-state index in [-0.39, 0.29) is 18.3 Å². The number of aryl methyl sites for hydroxylation is 1. The summed E-state index contributed by atoms with van der Waals surface area (Å²) in [5, 5.41) is 21.9. The van der Waals surface area contributed by atoms with Crippen LogP contribution >= 0.6 is 0 Å². The molecule has 1 aromatic carbocycles. The lowest BCUT2D eigenvalue weighted by Gasteiger charge is -2.20. The van der Waals surface area contributed by atoms with Gasteiger partial charge < -0.3 is 20.4 Å². The van der Waals surface area contributed by atoms with Crippen molar-refractivity contribution in [2.24, 2.45) is 0 Å². The van der Waals surface area contributed by atoms with E-state index < -0.39 is 0 Å². The molecule has 0 aliphatic carbocycles. The van der Waals surface area contributed by atoms with Gasteiger partial charge in [0.15, 0.2) is 0 Å². The molecular weight excluding hydrogens is 256 g/mol. The van der Waals surface area contributed by atoms with E-state index >= 15 is 0 Å². The first-order valence-corrected chi connectivity index (χ1v) is 7.11. The highest BCUT2D eigenvalue weighted by atomic mass is 16.3. The highest BCUT2D eigenvalue weighted by Gasteiger charge is 2.15. The number of phenols is 1. The third-order valence-corrected chi connectivity index (χ3v) is 3.63. The minimum absolute atomic E-state index is 0.0983. The van der Waals surface area contributed by atoms with Crippen molar-refractivity contribution in [2.45, 2.75) is 25.9 Å². The van der Waals surface area contributed by atoms with E-state index in [1.807, 2.05) is 4.90 Å². The highest BCUT2D eigenvalue weighted by molar-refractivity contribution is 5.76. The Bertz CT molecular complexity index is 454. The first-order chi connectivity index (χ1) is 9.70. The maximum Gasteiger partial charge on any atom is 0.222 e. The van der Waals surface area contributed by atoms with Crippen LogP contribution in [0.3, 0.4) is 0 Å². The molecule has 5 nitrogen and oxygen atoms in total. The zero-order valence-electron chi connectivity index (χ0n) is 11.6. The number of aliphatic hydroxyl groups excluding tert-OH is 1. The molecule has 0 saturated carbocycles. The van der Waals surface area contributed by atoms with Gasteiger partial charge in [-0.1, -0.05) is 6.07 Å².